The number of aromatic nitrogens is 6. The van der Waals surface area contributed by atoms with Crippen molar-refractivity contribution in [1.29, 1.82) is 10.8 Å². The van der Waals surface area contributed by atoms with Crippen molar-refractivity contribution in [2.24, 2.45) is 0 Å². The van der Waals surface area contributed by atoms with Gasteiger partial charge in [0.2, 0.25) is 5.91 Å². The smallest absolute Gasteiger partial charge is 1.00 e. The molecular formula is C65H61K2N9O13. The zero-order chi connectivity index (χ0) is 62.4. The minimum atomic E-state index is -0.969. The number of amides is 1. The van der Waals surface area contributed by atoms with Crippen LogP contribution in [-0.2, 0) is 36.9 Å². The standard InChI is InChI=1S/C32H29N5O5.C30H26N4O5.C2H4.CH2O3.2K.H/c1-4-19-36-28-27(25(33)20-41-32(39)42-24-12-7-6-8-13-24)34-29(22-15-17-23(18-16-22)40-5-2)35-30(28)37(31(36)38)26-14-10-9-11-21(26)3;1-3-37-21-15-13-20(14-16-21)28-32-27(24(31)18-38-30(36)39-22-10-5-4-6-11-22)23-17-26(35)34(29(23)33-28)25-12-8-7-9-19(25)2;1-2;2-1-4-3;;;/h4,6-18,33H,1,5,19-20H2,2-3H3;4-16,31H,3,17-18H2,1-2H3;1-2H2;1,3H;;;/q;;;;2*+1;-1/p-1. The van der Waals surface area contributed by atoms with Crippen molar-refractivity contribution in [3.63, 3.8) is 0 Å². The number of hydrogen-bond acceptors (Lipinski definition) is 19. The number of aryl methyl sites for hydroxylation is 2. The largest absolute Gasteiger partial charge is 1.00 e. The molecule has 4 heterocycles. The normalized spacial score (nSPS) is 10.7. The minimum Gasteiger partial charge on any atom is -1.00 e. The van der Waals surface area contributed by atoms with Gasteiger partial charge in [-0.05, 0) is 124 Å². The molecule has 9 aromatic rings. The third kappa shape index (κ3) is 18.5. The fraction of sp³-hybridized carbons (Fsp3) is 0.154. The number of carbonyl (C=O) groups excluding carboxylic acids is 4. The van der Waals surface area contributed by atoms with Crippen LogP contribution in [0.5, 0.6) is 23.0 Å². The molecule has 22 nitrogen and oxygen atoms in total. The van der Waals surface area contributed by atoms with Gasteiger partial charge in [-0.25, -0.2) is 38.9 Å². The van der Waals surface area contributed by atoms with Gasteiger partial charge in [-0.2, -0.15) is 0 Å². The van der Waals surface area contributed by atoms with E-state index in [1.807, 2.05) is 113 Å². The van der Waals surface area contributed by atoms with Crippen LogP contribution in [0.2, 0.25) is 0 Å². The van der Waals surface area contributed by atoms with Crippen molar-refractivity contribution in [3.05, 3.63) is 222 Å². The monoisotopic (exact) mass is 1250 g/mol. The number of anilines is 2. The molecule has 0 saturated heterocycles. The fourth-order valence-corrected chi connectivity index (χ4v) is 8.79. The van der Waals surface area contributed by atoms with Gasteiger partial charge in [0.05, 0.1) is 48.1 Å². The summed E-state index contributed by atoms with van der Waals surface area (Å²) in [4.78, 5) is 83.5. The Morgan fingerprint density at radius 2 is 1.06 bits per heavy atom. The molecule has 24 heteroatoms. The molecule has 0 unspecified atom stereocenters. The summed E-state index contributed by atoms with van der Waals surface area (Å²) < 4.78 is 34.9. The summed E-state index contributed by atoms with van der Waals surface area (Å²) in [6.07, 6.45) is -0.311. The van der Waals surface area contributed by atoms with Gasteiger partial charge < -0.3 is 40.0 Å². The summed E-state index contributed by atoms with van der Waals surface area (Å²) in [5.74, 6) is 2.87. The summed E-state index contributed by atoms with van der Waals surface area (Å²) >= 11 is 0. The SMILES string of the molecule is C=C.C=CCn1c(=O)n(-c2ccccc2C)c2nc(-c3ccc(OCC)cc3)nc(C(=N)COC(=O)Oc3ccccc3)c21.CCOc1ccc(-c2nc(C(=N)COC(=O)Oc3ccccc3)c3c(n2)N(c2ccccc2C)C(=O)C3)cc1.O=CO[O-].[H-].[K+].[K+]. The Morgan fingerprint density at radius 3 is 1.52 bits per heavy atom. The molecule has 0 aliphatic carbocycles. The van der Waals surface area contributed by atoms with E-state index in [1.54, 1.807) is 83.8 Å². The predicted octanol–water partition coefficient (Wildman–Crippen LogP) is 4.74. The van der Waals surface area contributed by atoms with Crippen molar-refractivity contribution >= 4 is 58.8 Å². The summed E-state index contributed by atoms with van der Waals surface area (Å²) in [6.45, 7) is 17.6. The zero-order valence-electron chi connectivity index (χ0n) is 51.0. The molecule has 0 saturated carbocycles. The summed E-state index contributed by atoms with van der Waals surface area (Å²) in [7, 11) is 0. The molecule has 89 heavy (non-hydrogen) atoms. The van der Waals surface area contributed by atoms with Gasteiger partial charge in [0, 0.05) is 23.2 Å². The van der Waals surface area contributed by atoms with Gasteiger partial charge in [-0.1, -0.05) is 78.9 Å². The number of fused-ring (bicyclic) bond motifs is 2. The maximum absolute atomic E-state index is 13.9. The van der Waals surface area contributed by atoms with Crippen LogP contribution in [0.1, 0.15) is 43.4 Å². The van der Waals surface area contributed by atoms with Gasteiger partial charge in [0.25, 0.3) is 6.47 Å². The third-order valence-corrected chi connectivity index (χ3v) is 12.6. The molecular weight excluding hydrogens is 1190 g/mol. The number of hydrogen-bond donors (Lipinski definition) is 2. The Kier molecular flexibility index (Phi) is 28.8. The van der Waals surface area contributed by atoms with Crippen LogP contribution in [0.4, 0.5) is 21.1 Å². The van der Waals surface area contributed by atoms with E-state index in [0.29, 0.717) is 87.1 Å². The van der Waals surface area contributed by atoms with E-state index in [2.05, 4.69) is 29.6 Å². The quantitative estimate of drug-likeness (QED) is 0.0162. The Bertz CT molecular complexity index is 3990. The number of para-hydroxylation sites is 4. The number of carbonyl (C=O) groups is 4. The molecule has 6 aromatic carbocycles. The number of nitrogens with one attached hydrogen (secondary N) is 2. The van der Waals surface area contributed by atoms with Crippen molar-refractivity contribution < 1.29 is 162 Å². The number of imidazole rings is 1. The molecule has 446 valence electrons. The van der Waals surface area contributed by atoms with Crippen LogP contribution in [0.3, 0.4) is 0 Å². The van der Waals surface area contributed by atoms with Crippen molar-refractivity contribution in [1.82, 2.24) is 29.1 Å². The maximum Gasteiger partial charge on any atom is 1.00 e. The van der Waals surface area contributed by atoms with Gasteiger partial charge in [0.1, 0.15) is 53.2 Å². The Hall–Kier alpha value is -8.12. The maximum atomic E-state index is 13.9. The van der Waals surface area contributed by atoms with Crippen LogP contribution in [0.15, 0.2) is 188 Å². The van der Waals surface area contributed by atoms with Crippen LogP contribution in [-0.4, -0.2) is 91.6 Å². The van der Waals surface area contributed by atoms with Crippen LogP contribution >= 0.6 is 0 Å². The summed E-state index contributed by atoms with van der Waals surface area (Å²) in [6, 6.07) is 46.5. The van der Waals surface area contributed by atoms with E-state index in [4.69, 9.17) is 64.2 Å². The van der Waals surface area contributed by atoms with Gasteiger partial charge in [-0.15, -0.1) is 19.7 Å². The molecule has 0 bridgehead atoms. The van der Waals surface area contributed by atoms with E-state index in [0.717, 1.165) is 11.1 Å². The van der Waals surface area contributed by atoms with E-state index in [1.165, 1.54) is 9.13 Å². The van der Waals surface area contributed by atoms with Crippen LogP contribution in [0.25, 0.3) is 39.6 Å². The number of nitrogens with zero attached hydrogens (tertiary/aromatic N) is 7. The first-order chi connectivity index (χ1) is 42.3. The second-order valence-electron chi connectivity index (χ2n) is 18.2. The van der Waals surface area contributed by atoms with Gasteiger partial charge >= 0.3 is 121 Å². The second-order valence-corrected chi connectivity index (χ2v) is 18.2. The predicted molar refractivity (Wildman–Crippen MR) is 325 cm³/mol. The van der Waals surface area contributed by atoms with E-state index >= 15 is 0 Å². The van der Waals surface area contributed by atoms with Crippen molar-refractivity contribution in [2.45, 2.75) is 40.7 Å². The average molecular weight is 1250 g/mol. The second kappa shape index (κ2) is 35.8. The Balaban J connectivity index is 0.000000344. The average Bonchev–Trinajstić information content (AvgIpc) is 1.64. The first-order valence-electron chi connectivity index (χ1n) is 26.9. The summed E-state index contributed by atoms with van der Waals surface area (Å²) in [5, 5.41) is 26.1. The topological polar surface area (TPSA) is 285 Å². The molecule has 0 radical (unpaired) electrons. The van der Waals surface area contributed by atoms with Gasteiger partial charge in [0.15, 0.2) is 17.3 Å². The number of allylic oxidation sites excluding steroid dienone is 1. The number of rotatable bonds is 19. The molecule has 1 aliphatic heterocycles. The Morgan fingerprint density at radius 1 is 0.618 bits per heavy atom. The molecule has 1 aliphatic rings. The van der Waals surface area contributed by atoms with Crippen molar-refractivity contribution in [2.75, 3.05) is 31.3 Å². The molecule has 1 amide bonds. The van der Waals surface area contributed by atoms with Crippen molar-refractivity contribution in [3.8, 4) is 51.5 Å². The molecule has 2 N–H and O–H groups in total. The number of benzene rings is 6. The van der Waals surface area contributed by atoms with Crippen LogP contribution in [0, 0.1) is 24.7 Å². The molecule has 10 rings (SSSR count). The number of ether oxygens (including phenoxy) is 6. The van der Waals surface area contributed by atoms with E-state index < -0.39 is 25.5 Å². The first-order valence-corrected chi connectivity index (χ1v) is 26.9. The zero-order valence-corrected chi connectivity index (χ0v) is 56.2. The van der Waals surface area contributed by atoms with E-state index in [-0.39, 0.29) is 164 Å². The molecule has 0 spiro atoms. The first kappa shape index (κ1) is 71.6. The summed E-state index contributed by atoms with van der Waals surface area (Å²) in [5.41, 5.74) is 5.38. The molecule has 0 atom stereocenters. The van der Waals surface area contributed by atoms with Gasteiger partial charge in [-0.3, -0.25) is 29.9 Å². The molecule has 3 aromatic heterocycles. The minimum absolute atomic E-state index is 0. The Labute approximate surface area is 599 Å². The fourth-order valence-electron chi connectivity index (χ4n) is 8.79. The van der Waals surface area contributed by atoms with Crippen LogP contribution < -0.4 is 138 Å². The van der Waals surface area contributed by atoms with E-state index in [9.17, 15) is 19.2 Å². The molecule has 0 fully saturated rings. The third-order valence-electron chi connectivity index (χ3n) is 12.6.